The fourth-order valence-electron chi connectivity index (χ4n) is 2.27. The lowest BCUT2D eigenvalue weighted by Gasteiger charge is -2.24. The standard InChI is InChI=1S/C14H20OS/c1-10-11(2)14(16)9-8-13(10)15-12-6-4-3-5-7-12/h8-9,12,16H,3-7H2,1-2H3. The summed E-state index contributed by atoms with van der Waals surface area (Å²) in [4.78, 5) is 1.05. The Labute approximate surface area is 104 Å². The Morgan fingerprint density at radius 1 is 1.06 bits per heavy atom. The molecule has 0 heterocycles. The normalized spacial score (nSPS) is 17.4. The molecule has 1 aromatic carbocycles. The van der Waals surface area contributed by atoms with E-state index in [1.165, 1.54) is 43.2 Å². The summed E-state index contributed by atoms with van der Waals surface area (Å²) < 4.78 is 6.09. The van der Waals surface area contributed by atoms with Crippen LogP contribution in [-0.2, 0) is 0 Å². The van der Waals surface area contributed by atoms with E-state index >= 15 is 0 Å². The fraction of sp³-hybridized carbons (Fsp3) is 0.571. The average Bonchev–Trinajstić information content (AvgIpc) is 2.31. The first-order valence-electron chi connectivity index (χ1n) is 6.14. The van der Waals surface area contributed by atoms with Crippen molar-refractivity contribution in [2.45, 2.75) is 57.0 Å². The molecule has 0 saturated heterocycles. The van der Waals surface area contributed by atoms with Crippen LogP contribution in [-0.4, -0.2) is 6.10 Å². The highest BCUT2D eigenvalue weighted by atomic mass is 32.1. The molecule has 0 bridgehead atoms. The van der Waals surface area contributed by atoms with Gasteiger partial charge in [-0.05, 0) is 62.8 Å². The van der Waals surface area contributed by atoms with Crippen molar-refractivity contribution < 1.29 is 4.74 Å². The largest absolute Gasteiger partial charge is 0.490 e. The van der Waals surface area contributed by atoms with Crippen molar-refractivity contribution in [3.05, 3.63) is 23.3 Å². The van der Waals surface area contributed by atoms with Crippen molar-refractivity contribution in [2.24, 2.45) is 0 Å². The summed E-state index contributed by atoms with van der Waals surface area (Å²) in [6, 6.07) is 4.09. The van der Waals surface area contributed by atoms with Gasteiger partial charge in [0.15, 0.2) is 0 Å². The van der Waals surface area contributed by atoms with Gasteiger partial charge in [0.2, 0.25) is 0 Å². The number of rotatable bonds is 2. The molecule has 1 fully saturated rings. The quantitative estimate of drug-likeness (QED) is 0.753. The van der Waals surface area contributed by atoms with Gasteiger partial charge in [-0.25, -0.2) is 0 Å². The van der Waals surface area contributed by atoms with E-state index in [2.05, 4.69) is 32.5 Å². The molecule has 0 aromatic heterocycles. The van der Waals surface area contributed by atoms with Gasteiger partial charge in [0, 0.05) is 4.90 Å². The van der Waals surface area contributed by atoms with Gasteiger partial charge in [0.05, 0.1) is 6.10 Å². The van der Waals surface area contributed by atoms with E-state index in [1.54, 1.807) is 0 Å². The van der Waals surface area contributed by atoms with E-state index < -0.39 is 0 Å². The van der Waals surface area contributed by atoms with E-state index in [0.717, 1.165) is 10.6 Å². The third-order valence-corrected chi connectivity index (χ3v) is 4.04. The zero-order valence-electron chi connectivity index (χ0n) is 10.1. The van der Waals surface area contributed by atoms with Gasteiger partial charge in [-0.3, -0.25) is 0 Å². The lowest BCUT2D eigenvalue weighted by Crippen LogP contribution is -2.20. The third kappa shape index (κ3) is 2.54. The van der Waals surface area contributed by atoms with Crippen LogP contribution in [0.3, 0.4) is 0 Å². The van der Waals surface area contributed by atoms with Crippen LogP contribution in [0, 0.1) is 13.8 Å². The Hall–Kier alpha value is -0.630. The minimum Gasteiger partial charge on any atom is -0.490 e. The maximum Gasteiger partial charge on any atom is 0.122 e. The van der Waals surface area contributed by atoms with Crippen LogP contribution in [0.25, 0.3) is 0 Å². The second-order valence-electron chi connectivity index (χ2n) is 4.71. The molecule has 0 atom stereocenters. The molecule has 2 rings (SSSR count). The van der Waals surface area contributed by atoms with E-state index in [-0.39, 0.29) is 0 Å². The van der Waals surface area contributed by atoms with E-state index in [0.29, 0.717) is 6.10 Å². The van der Waals surface area contributed by atoms with Crippen LogP contribution < -0.4 is 4.74 Å². The molecule has 0 N–H and O–H groups in total. The summed E-state index contributed by atoms with van der Waals surface area (Å²) >= 11 is 4.43. The van der Waals surface area contributed by atoms with Gasteiger partial charge in [-0.1, -0.05) is 6.42 Å². The first kappa shape index (κ1) is 11.8. The van der Waals surface area contributed by atoms with Gasteiger partial charge in [-0.15, -0.1) is 12.6 Å². The Kier molecular flexibility index (Phi) is 3.80. The maximum atomic E-state index is 6.09. The molecule has 0 spiro atoms. The van der Waals surface area contributed by atoms with Gasteiger partial charge in [-0.2, -0.15) is 0 Å². The van der Waals surface area contributed by atoms with Crippen molar-refractivity contribution in [3.63, 3.8) is 0 Å². The monoisotopic (exact) mass is 236 g/mol. The number of thiol groups is 1. The second-order valence-corrected chi connectivity index (χ2v) is 5.19. The van der Waals surface area contributed by atoms with Crippen molar-refractivity contribution in [1.29, 1.82) is 0 Å². The summed E-state index contributed by atoms with van der Waals surface area (Å²) in [6.45, 7) is 4.22. The van der Waals surface area contributed by atoms with Gasteiger partial charge >= 0.3 is 0 Å². The van der Waals surface area contributed by atoms with Crippen LogP contribution in [0.4, 0.5) is 0 Å². The maximum absolute atomic E-state index is 6.09. The molecule has 0 aliphatic heterocycles. The zero-order chi connectivity index (χ0) is 11.5. The Bertz CT molecular complexity index is 367. The molecular formula is C14H20OS. The number of ether oxygens (including phenoxy) is 1. The van der Waals surface area contributed by atoms with Gasteiger partial charge < -0.3 is 4.74 Å². The minimum atomic E-state index is 0.428. The highest BCUT2D eigenvalue weighted by Gasteiger charge is 2.16. The Balaban J connectivity index is 2.11. The highest BCUT2D eigenvalue weighted by Crippen LogP contribution is 2.29. The molecule has 1 aliphatic rings. The van der Waals surface area contributed by atoms with Crippen LogP contribution in [0.5, 0.6) is 5.75 Å². The fourth-order valence-corrected chi connectivity index (χ4v) is 2.51. The van der Waals surface area contributed by atoms with Crippen LogP contribution in [0.2, 0.25) is 0 Å². The summed E-state index contributed by atoms with van der Waals surface area (Å²) in [5, 5.41) is 0. The molecular weight excluding hydrogens is 216 g/mol. The minimum absolute atomic E-state index is 0.428. The zero-order valence-corrected chi connectivity index (χ0v) is 11.0. The van der Waals surface area contributed by atoms with Crippen molar-refractivity contribution in [2.75, 3.05) is 0 Å². The molecule has 1 aliphatic carbocycles. The van der Waals surface area contributed by atoms with E-state index in [9.17, 15) is 0 Å². The Morgan fingerprint density at radius 2 is 1.75 bits per heavy atom. The molecule has 1 nitrogen and oxygen atoms in total. The number of hydrogen-bond donors (Lipinski definition) is 1. The van der Waals surface area contributed by atoms with Gasteiger partial charge in [0.25, 0.3) is 0 Å². The summed E-state index contributed by atoms with van der Waals surface area (Å²) in [5.41, 5.74) is 2.47. The summed E-state index contributed by atoms with van der Waals surface area (Å²) in [7, 11) is 0. The third-order valence-electron chi connectivity index (χ3n) is 3.55. The van der Waals surface area contributed by atoms with E-state index in [4.69, 9.17) is 4.74 Å². The molecule has 2 heteroatoms. The summed E-state index contributed by atoms with van der Waals surface area (Å²) in [5.74, 6) is 1.04. The SMILES string of the molecule is Cc1c(S)ccc(OC2CCCCC2)c1C. The average molecular weight is 236 g/mol. The molecule has 1 saturated carbocycles. The van der Waals surface area contributed by atoms with Crippen LogP contribution in [0.1, 0.15) is 43.2 Å². The predicted octanol–water partition coefficient (Wildman–Crippen LogP) is 4.30. The first-order valence-corrected chi connectivity index (χ1v) is 6.59. The molecule has 1 aromatic rings. The van der Waals surface area contributed by atoms with E-state index in [1.807, 2.05) is 6.07 Å². The lowest BCUT2D eigenvalue weighted by atomic mass is 9.97. The molecule has 0 radical (unpaired) electrons. The van der Waals surface area contributed by atoms with Crippen molar-refractivity contribution >= 4 is 12.6 Å². The predicted molar refractivity (Wildman–Crippen MR) is 70.7 cm³/mol. The van der Waals surface area contributed by atoms with Crippen LogP contribution in [0.15, 0.2) is 17.0 Å². The molecule has 0 amide bonds. The second kappa shape index (κ2) is 5.13. The number of benzene rings is 1. The topological polar surface area (TPSA) is 9.23 Å². The molecule has 88 valence electrons. The highest BCUT2D eigenvalue weighted by molar-refractivity contribution is 7.80. The Morgan fingerprint density at radius 3 is 2.44 bits per heavy atom. The summed E-state index contributed by atoms with van der Waals surface area (Å²) in [6.07, 6.45) is 6.84. The van der Waals surface area contributed by atoms with Crippen molar-refractivity contribution in [3.8, 4) is 5.75 Å². The lowest BCUT2D eigenvalue weighted by molar-refractivity contribution is 0.154. The first-order chi connectivity index (χ1) is 7.68. The van der Waals surface area contributed by atoms with Crippen molar-refractivity contribution in [1.82, 2.24) is 0 Å². The molecule has 16 heavy (non-hydrogen) atoms. The number of hydrogen-bond acceptors (Lipinski definition) is 2. The smallest absolute Gasteiger partial charge is 0.122 e. The molecule has 0 unspecified atom stereocenters. The van der Waals surface area contributed by atoms with Crippen LogP contribution >= 0.6 is 12.6 Å². The van der Waals surface area contributed by atoms with Gasteiger partial charge in [0.1, 0.15) is 5.75 Å².